The highest BCUT2D eigenvalue weighted by atomic mass is 32.2. The number of likely N-dealkylation sites (tertiary alicyclic amines) is 1. The molecule has 0 aliphatic carbocycles. The van der Waals surface area contributed by atoms with Crippen LogP contribution < -0.4 is 4.90 Å². The lowest BCUT2D eigenvalue weighted by molar-refractivity contribution is 0.0760. The van der Waals surface area contributed by atoms with Crippen LogP contribution in [0.2, 0.25) is 0 Å². The number of carbonyl (C=O) groups is 1. The highest BCUT2D eigenvalue weighted by molar-refractivity contribution is 7.98. The highest BCUT2D eigenvalue weighted by Gasteiger charge is 2.22. The minimum absolute atomic E-state index is 0.00660. The number of nitrogens with zero attached hydrogens (tertiary/aromatic N) is 4. The van der Waals surface area contributed by atoms with Crippen molar-refractivity contribution < 1.29 is 9.21 Å². The van der Waals surface area contributed by atoms with Gasteiger partial charge in [-0.15, -0.1) is 0 Å². The molecule has 1 amide bonds. The predicted octanol–water partition coefficient (Wildman–Crippen LogP) is 3.23. The molecule has 3 heterocycles. The highest BCUT2D eigenvalue weighted by Crippen LogP contribution is 2.24. The molecule has 1 aliphatic rings. The van der Waals surface area contributed by atoms with Gasteiger partial charge in [0.05, 0.1) is 5.75 Å². The van der Waals surface area contributed by atoms with E-state index in [1.165, 1.54) is 11.8 Å². The summed E-state index contributed by atoms with van der Waals surface area (Å²) in [4.78, 5) is 25.3. The Balaban J connectivity index is 1.66. The second kappa shape index (κ2) is 7.91. The molecule has 6 nitrogen and oxygen atoms in total. The van der Waals surface area contributed by atoms with Crippen molar-refractivity contribution in [3.8, 4) is 0 Å². The van der Waals surface area contributed by atoms with Crippen molar-refractivity contribution >= 4 is 23.5 Å². The minimum Gasteiger partial charge on any atom is -0.455 e. The van der Waals surface area contributed by atoms with Gasteiger partial charge in [-0.1, -0.05) is 18.7 Å². The number of aryl methyl sites for hydroxylation is 1. The van der Waals surface area contributed by atoms with E-state index in [9.17, 15) is 4.79 Å². The van der Waals surface area contributed by atoms with Gasteiger partial charge in [-0.25, -0.2) is 9.97 Å². The SMILES string of the molecule is CCc1cc(N(C)C)nc(SCc2ccc(C(=O)N3CCCC3)o2)n1. The Bertz CT molecular complexity index is 738. The first-order valence-corrected chi connectivity index (χ1v) is 9.61. The lowest BCUT2D eigenvalue weighted by Gasteiger charge is -2.13. The third-order valence-electron chi connectivity index (χ3n) is 4.17. The van der Waals surface area contributed by atoms with Gasteiger partial charge in [0.2, 0.25) is 0 Å². The van der Waals surface area contributed by atoms with E-state index in [0.717, 1.165) is 54.8 Å². The zero-order valence-corrected chi connectivity index (χ0v) is 15.8. The van der Waals surface area contributed by atoms with Gasteiger partial charge in [0.15, 0.2) is 10.9 Å². The average molecular weight is 360 g/mol. The Morgan fingerprint density at radius 2 is 2.04 bits per heavy atom. The molecule has 0 unspecified atom stereocenters. The molecule has 0 bridgehead atoms. The number of hydrogen-bond donors (Lipinski definition) is 0. The Kier molecular flexibility index (Phi) is 5.63. The molecule has 134 valence electrons. The van der Waals surface area contributed by atoms with Crippen LogP contribution in [0.3, 0.4) is 0 Å². The molecule has 0 atom stereocenters. The Labute approximate surface area is 152 Å². The van der Waals surface area contributed by atoms with E-state index >= 15 is 0 Å². The summed E-state index contributed by atoms with van der Waals surface area (Å²) in [6.45, 7) is 3.74. The minimum atomic E-state index is -0.00660. The number of aromatic nitrogens is 2. The molecule has 0 N–H and O–H groups in total. The summed E-state index contributed by atoms with van der Waals surface area (Å²) in [5.74, 6) is 2.69. The second-order valence-electron chi connectivity index (χ2n) is 6.30. The van der Waals surface area contributed by atoms with E-state index in [0.29, 0.717) is 11.5 Å². The topological polar surface area (TPSA) is 62.5 Å². The fourth-order valence-electron chi connectivity index (χ4n) is 2.72. The Hall–Kier alpha value is -2.02. The number of hydrogen-bond acceptors (Lipinski definition) is 6. The largest absolute Gasteiger partial charge is 0.455 e. The summed E-state index contributed by atoms with van der Waals surface area (Å²) in [6, 6.07) is 5.64. The van der Waals surface area contributed by atoms with Crippen LogP contribution in [0, 0.1) is 0 Å². The van der Waals surface area contributed by atoms with Gasteiger partial charge in [0.1, 0.15) is 11.6 Å². The molecule has 2 aromatic heterocycles. The molecular weight excluding hydrogens is 336 g/mol. The van der Waals surface area contributed by atoms with E-state index in [1.54, 1.807) is 6.07 Å². The summed E-state index contributed by atoms with van der Waals surface area (Å²) in [6.07, 6.45) is 3.02. The maximum absolute atomic E-state index is 12.3. The number of rotatable bonds is 6. The monoisotopic (exact) mass is 360 g/mol. The molecule has 1 aliphatic heterocycles. The van der Waals surface area contributed by atoms with Crippen LogP contribution in [0.4, 0.5) is 5.82 Å². The lowest BCUT2D eigenvalue weighted by atomic mass is 10.3. The first kappa shape index (κ1) is 17.8. The van der Waals surface area contributed by atoms with E-state index in [-0.39, 0.29) is 5.91 Å². The molecule has 1 fully saturated rings. The smallest absolute Gasteiger partial charge is 0.289 e. The summed E-state index contributed by atoms with van der Waals surface area (Å²) >= 11 is 1.52. The maximum atomic E-state index is 12.3. The zero-order valence-electron chi connectivity index (χ0n) is 15.0. The maximum Gasteiger partial charge on any atom is 0.289 e. The Morgan fingerprint density at radius 1 is 1.28 bits per heavy atom. The molecule has 3 rings (SSSR count). The third-order valence-corrected chi connectivity index (χ3v) is 5.04. The van der Waals surface area contributed by atoms with Gasteiger partial charge in [0.25, 0.3) is 5.91 Å². The Morgan fingerprint density at radius 3 is 2.72 bits per heavy atom. The van der Waals surface area contributed by atoms with Gasteiger partial charge >= 0.3 is 0 Å². The number of amides is 1. The fourth-order valence-corrected chi connectivity index (χ4v) is 3.48. The van der Waals surface area contributed by atoms with Crippen molar-refractivity contribution in [3.05, 3.63) is 35.4 Å². The van der Waals surface area contributed by atoms with Gasteiger partial charge in [-0.3, -0.25) is 4.79 Å². The molecule has 25 heavy (non-hydrogen) atoms. The number of anilines is 1. The van der Waals surface area contributed by atoms with Gasteiger partial charge in [-0.2, -0.15) is 0 Å². The van der Waals surface area contributed by atoms with E-state index in [2.05, 4.69) is 16.9 Å². The normalized spacial score (nSPS) is 14.1. The van der Waals surface area contributed by atoms with Crippen LogP contribution in [0.1, 0.15) is 41.8 Å². The fraction of sp³-hybridized carbons (Fsp3) is 0.500. The molecule has 0 aromatic carbocycles. The van der Waals surface area contributed by atoms with E-state index in [4.69, 9.17) is 4.42 Å². The molecular formula is C18H24N4O2S. The first-order chi connectivity index (χ1) is 12.1. The lowest BCUT2D eigenvalue weighted by Crippen LogP contribution is -2.27. The van der Waals surface area contributed by atoms with Crippen molar-refractivity contribution in [3.63, 3.8) is 0 Å². The molecule has 1 saturated heterocycles. The van der Waals surface area contributed by atoms with Crippen LogP contribution in [0.5, 0.6) is 0 Å². The number of carbonyl (C=O) groups excluding carboxylic acids is 1. The molecule has 7 heteroatoms. The summed E-state index contributed by atoms with van der Waals surface area (Å²) in [7, 11) is 3.94. The molecule has 2 aromatic rings. The third kappa shape index (κ3) is 4.34. The van der Waals surface area contributed by atoms with Crippen LogP contribution >= 0.6 is 11.8 Å². The molecule has 0 radical (unpaired) electrons. The summed E-state index contributed by atoms with van der Waals surface area (Å²) in [5, 5.41) is 0.729. The summed E-state index contributed by atoms with van der Waals surface area (Å²) < 4.78 is 5.74. The average Bonchev–Trinajstić information content (AvgIpc) is 3.30. The standard InChI is InChI=1S/C18H24N4O2S/c1-4-13-11-16(21(2)3)20-18(19-13)25-12-14-7-8-15(24-14)17(23)22-9-5-6-10-22/h7-8,11H,4-6,9-10,12H2,1-3H3. The predicted molar refractivity (Wildman–Crippen MR) is 99.1 cm³/mol. The molecule has 0 saturated carbocycles. The van der Waals surface area contributed by atoms with Crippen LogP contribution in [-0.2, 0) is 12.2 Å². The van der Waals surface area contributed by atoms with Crippen LogP contribution in [0.25, 0.3) is 0 Å². The van der Waals surface area contributed by atoms with Gasteiger partial charge < -0.3 is 14.2 Å². The number of thioether (sulfide) groups is 1. The van der Waals surface area contributed by atoms with Crippen molar-refractivity contribution in [2.75, 3.05) is 32.1 Å². The zero-order chi connectivity index (χ0) is 17.8. The van der Waals surface area contributed by atoms with Crippen molar-refractivity contribution in [1.29, 1.82) is 0 Å². The van der Waals surface area contributed by atoms with Crippen LogP contribution in [0.15, 0.2) is 27.8 Å². The van der Waals surface area contributed by atoms with Gasteiger partial charge in [0, 0.05) is 38.9 Å². The van der Waals surface area contributed by atoms with Crippen molar-refractivity contribution in [2.45, 2.75) is 37.1 Å². The van der Waals surface area contributed by atoms with Crippen molar-refractivity contribution in [1.82, 2.24) is 14.9 Å². The van der Waals surface area contributed by atoms with Crippen molar-refractivity contribution in [2.24, 2.45) is 0 Å². The van der Waals surface area contributed by atoms with Gasteiger partial charge in [-0.05, 0) is 31.4 Å². The quantitative estimate of drug-likeness (QED) is 0.582. The van der Waals surface area contributed by atoms with E-state index in [1.807, 2.05) is 36.0 Å². The molecule has 0 spiro atoms. The number of furan rings is 1. The summed E-state index contributed by atoms with van der Waals surface area (Å²) in [5.41, 5.74) is 1.02. The van der Waals surface area contributed by atoms with E-state index < -0.39 is 0 Å². The second-order valence-corrected chi connectivity index (χ2v) is 7.24. The first-order valence-electron chi connectivity index (χ1n) is 8.63. The van der Waals surface area contributed by atoms with Crippen LogP contribution in [-0.4, -0.2) is 48.0 Å².